The molecular formula is C11H9BrO. The zero-order chi connectivity index (χ0) is 9.26. The molecule has 0 radical (unpaired) electrons. The predicted molar refractivity (Wildman–Crippen MR) is 57.1 cm³/mol. The number of benzene rings is 1. The lowest BCUT2D eigenvalue weighted by atomic mass is 9.90. The number of hydrogen-bond donors (Lipinski definition) is 0. The molecule has 1 nitrogen and oxygen atoms in total. The average molecular weight is 237 g/mol. The molecule has 66 valence electrons. The molecule has 0 bridgehead atoms. The number of rotatable bonds is 1. The van der Waals surface area contributed by atoms with E-state index in [4.69, 9.17) is 0 Å². The summed E-state index contributed by atoms with van der Waals surface area (Å²) in [5, 5.41) is 0.705. The molecule has 1 aliphatic rings. The third-order valence-corrected chi connectivity index (χ3v) is 2.93. The van der Waals surface area contributed by atoms with E-state index in [-0.39, 0.29) is 11.7 Å². The van der Waals surface area contributed by atoms with Gasteiger partial charge in [0.1, 0.15) is 0 Å². The standard InChI is InChI=1S/C11H9BrO/c12-7-9-6-5-8-3-1-2-4-10(8)11(9)13/h1-6,9H,7H2. The Hall–Kier alpha value is -0.890. The van der Waals surface area contributed by atoms with Crippen LogP contribution in [-0.4, -0.2) is 11.1 Å². The lowest BCUT2D eigenvalue weighted by Crippen LogP contribution is -2.17. The Labute approximate surface area is 85.6 Å². The summed E-state index contributed by atoms with van der Waals surface area (Å²) in [6.07, 6.45) is 3.97. The van der Waals surface area contributed by atoms with Gasteiger partial charge in [-0.2, -0.15) is 0 Å². The minimum absolute atomic E-state index is 0.00917. The van der Waals surface area contributed by atoms with Gasteiger partial charge < -0.3 is 0 Å². The fraction of sp³-hybridized carbons (Fsp3) is 0.182. The molecule has 1 atom stereocenters. The zero-order valence-electron chi connectivity index (χ0n) is 7.03. The van der Waals surface area contributed by atoms with Crippen molar-refractivity contribution in [1.29, 1.82) is 0 Å². The van der Waals surface area contributed by atoms with Gasteiger partial charge in [-0.15, -0.1) is 0 Å². The quantitative estimate of drug-likeness (QED) is 0.686. The first-order chi connectivity index (χ1) is 6.33. The van der Waals surface area contributed by atoms with E-state index in [0.29, 0.717) is 5.33 Å². The maximum atomic E-state index is 11.8. The average Bonchev–Trinajstić information content (AvgIpc) is 2.19. The molecular weight excluding hydrogens is 228 g/mol. The van der Waals surface area contributed by atoms with Gasteiger partial charge >= 0.3 is 0 Å². The van der Waals surface area contributed by atoms with Crippen molar-refractivity contribution < 1.29 is 4.79 Å². The highest BCUT2D eigenvalue weighted by Crippen LogP contribution is 2.23. The lowest BCUT2D eigenvalue weighted by molar-refractivity contribution is 0.0954. The molecule has 0 heterocycles. The number of carbonyl (C=O) groups excluding carboxylic acids is 1. The molecule has 0 saturated carbocycles. The number of halogens is 1. The third kappa shape index (κ3) is 1.46. The minimum Gasteiger partial charge on any atom is -0.293 e. The number of ketones is 1. The van der Waals surface area contributed by atoms with Crippen LogP contribution in [0, 0.1) is 5.92 Å². The topological polar surface area (TPSA) is 17.1 Å². The molecule has 1 unspecified atom stereocenters. The van der Waals surface area contributed by atoms with Crippen LogP contribution in [0.5, 0.6) is 0 Å². The van der Waals surface area contributed by atoms with Crippen molar-refractivity contribution in [3.05, 3.63) is 41.5 Å². The van der Waals surface area contributed by atoms with E-state index in [1.807, 2.05) is 36.4 Å². The maximum Gasteiger partial charge on any atom is 0.171 e. The fourth-order valence-corrected chi connectivity index (χ4v) is 2.01. The SMILES string of the molecule is O=C1c2ccccc2C=CC1CBr. The normalized spacial score (nSPS) is 20.1. The summed E-state index contributed by atoms with van der Waals surface area (Å²) < 4.78 is 0. The lowest BCUT2D eigenvalue weighted by Gasteiger charge is -2.15. The van der Waals surface area contributed by atoms with Gasteiger partial charge in [0.2, 0.25) is 0 Å². The van der Waals surface area contributed by atoms with Crippen LogP contribution in [-0.2, 0) is 0 Å². The van der Waals surface area contributed by atoms with Gasteiger partial charge in [0.15, 0.2) is 5.78 Å². The second-order valence-electron chi connectivity index (χ2n) is 3.07. The molecule has 0 amide bonds. The van der Waals surface area contributed by atoms with Gasteiger partial charge in [-0.3, -0.25) is 4.79 Å². The smallest absolute Gasteiger partial charge is 0.171 e. The fourth-order valence-electron chi connectivity index (χ4n) is 1.50. The van der Waals surface area contributed by atoms with Gasteiger partial charge in [0.05, 0.1) is 5.92 Å². The van der Waals surface area contributed by atoms with Crippen LogP contribution < -0.4 is 0 Å². The van der Waals surface area contributed by atoms with E-state index >= 15 is 0 Å². The number of allylic oxidation sites excluding steroid dienone is 1. The Balaban J connectivity index is 2.48. The molecule has 0 fully saturated rings. The van der Waals surface area contributed by atoms with Gasteiger partial charge in [-0.25, -0.2) is 0 Å². The molecule has 0 aromatic heterocycles. The summed E-state index contributed by atoms with van der Waals surface area (Å²) in [6, 6.07) is 7.71. The van der Waals surface area contributed by atoms with Gasteiger partial charge in [-0.05, 0) is 5.56 Å². The summed E-state index contributed by atoms with van der Waals surface area (Å²) in [7, 11) is 0. The molecule has 1 aliphatic carbocycles. The van der Waals surface area contributed by atoms with Crippen molar-refractivity contribution in [2.75, 3.05) is 5.33 Å². The third-order valence-electron chi connectivity index (χ3n) is 2.24. The van der Waals surface area contributed by atoms with Gasteiger partial charge in [-0.1, -0.05) is 52.3 Å². The summed E-state index contributed by atoms with van der Waals surface area (Å²) in [5.74, 6) is 0.227. The van der Waals surface area contributed by atoms with Crippen LogP contribution in [0.25, 0.3) is 6.08 Å². The Morgan fingerprint density at radius 3 is 2.85 bits per heavy atom. The van der Waals surface area contributed by atoms with E-state index in [0.717, 1.165) is 11.1 Å². The summed E-state index contributed by atoms with van der Waals surface area (Å²) in [6.45, 7) is 0. The molecule has 1 aromatic rings. The summed E-state index contributed by atoms with van der Waals surface area (Å²) in [5.41, 5.74) is 1.87. The molecule has 1 aromatic carbocycles. The van der Waals surface area contributed by atoms with Crippen molar-refractivity contribution in [3.63, 3.8) is 0 Å². The first kappa shape index (κ1) is 8.70. The first-order valence-corrected chi connectivity index (χ1v) is 5.32. The monoisotopic (exact) mass is 236 g/mol. The maximum absolute atomic E-state index is 11.8. The second kappa shape index (κ2) is 3.46. The molecule has 2 rings (SSSR count). The van der Waals surface area contributed by atoms with E-state index in [1.165, 1.54) is 0 Å². The summed E-state index contributed by atoms with van der Waals surface area (Å²) in [4.78, 5) is 11.8. The largest absolute Gasteiger partial charge is 0.293 e. The molecule has 0 N–H and O–H groups in total. The molecule has 13 heavy (non-hydrogen) atoms. The Bertz CT molecular complexity index is 368. The van der Waals surface area contributed by atoms with Gasteiger partial charge in [0.25, 0.3) is 0 Å². The summed E-state index contributed by atoms with van der Waals surface area (Å²) >= 11 is 3.33. The first-order valence-electron chi connectivity index (χ1n) is 4.20. The van der Waals surface area contributed by atoms with Crippen LogP contribution >= 0.6 is 15.9 Å². The second-order valence-corrected chi connectivity index (χ2v) is 3.72. The minimum atomic E-state index is 0.00917. The molecule has 0 spiro atoms. The highest BCUT2D eigenvalue weighted by molar-refractivity contribution is 9.09. The number of alkyl halides is 1. The Morgan fingerprint density at radius 2 is 2.08 bits per heavy atom. The Morgan fingerprint density at radius 1 is 1.31 bits per heavy atom. The Kier molecular flexibility index (Phi) is 2.32. The number of carbonyl (C=O) groups is 1. The highest BCUT2D eigenvalue weighted by atomic mass is 79.9. The van der Waals surface area contributed by atoms with Crippen molar-refractivity contribution >= 4 is 27.8 Å². The van der Waals surface area contributed by atoms with Crippen molar-refractivity contribution in [2.24, 2.45) is 5.92 Å². The van der Waals surface area contributed by atoms with Crippen LogP contribution in [0.4, 0.5) is 0 Å². The predicted octanol–water partition coefficient (Wildman–Crippen LogP) is 2.91. The van der Waals surface area contributed by atoms with E-state index in [9.17, 15) is 4.79 Å². The number of fused-ring (bicyclic) bond motifs is 1. The van der Waals surface area contributed by atoms with Crippen molar-refractivity contribution in [1.82, 2.24) is 0 Å². The molecule has 0 aliphatic heterocycles. The van der Waals surface area contributed by atoms with E-state index in [2.05, 4.69) is 15.9 Å². The van der Waals surface area contributed by atoms with Gasteiger partial charge in [0, 0.05) is 10.9 Å². The van der Waals surface area contributed by atoms with Crippen LogP contribution in [0.3, 0.4) is 0 Å². The van der Waals surface area contributed by atoms with Crippen molar-refractivity contribution in [3.8, 4) is 0 Å². The zero-order valence-corrected chi connectivity index (χ0v) is 8.62. The number of Topliss-reactive ketones (excluding diaryl/α,β-unsaturated/α-hetero) is 1. The van der Waals surface area contributed by atoms with E-state index < -0.39 is 0 Å². The van der Waals surface area contributed by atoms with E-state index in [1.54, 1.807) is 0 Å². The highest BCUT2D eigenvalue weighted by Gasteiger charge is 2.21. The van der Waals surface area contributed by atoms with Crippen LogP contribution in [0.15, 0.2) is 30.3 Å². The molecule has 2 heteroatoms. The van der Waals surface area contributed by atoms with Crippen LogP contribution in [0.2, 0.25) is 0 Å². The number of hydrogen-bond acceptors (Lipinski definition) is 1. The molecule has 0 saturated heterocycles. The van der Waals surface area contributed by atoms with Crippen LogP contribution in [0.1, 0.15) is 15.9 Å². The van der Waals surface area contributed by atoms with Crippen molar-refractivity contribution in [2.45, 2.75) is 0 Å².